The molecule has 14 heavy (non-hydrogen) atoms. The van der Waals surface area contributed by atoms with Gasteiger partial charge in [0.15, 0.2) is 0 Å². The van der Waals surface area contributed by atoms with E-state index in [2.05, 4.69) is 11.5 Å². The molecule has 0 fully saturated rings. The van der Waals surface area contributed by atoms with Crippen LogP contribution in [0.1, 0.15) is 30.5 Å². The minimum atomic E-state index is -0.185. The monoisotopic (exact) mass is 210 g/mol. The summed E-state index contributed by atoms with van der Waals surface area (Å²) >= 11 is 1.48. The highest BCUT2D eigenvalue weighted by atomic mass is 32.1. The number of rotatable bonds is 3. The number of hydrogen-bond acceptors (Lipinski definition) is 4. The maximum absolute atomic E-state index is 8.61. The number of nitrogens with zero attached hydrogens (tertiary/aromatic N) is 1. The molecule has 1 rings (SSSR count). The summed E-state index contributed by atoms with van der Waals surface area (Å²) in [6.45, 7) is 6.59. The van der Waals surface area contributed by atoms with Gasteiger partial charge in [-0.05, 0) is 32.9 Å². The van der Waals surface area contributed by atoms with E-state index in [0.29, 0.717) is 6.54 Å². The van der Waals surface area contributed by atoms with Crippen LogP contribution in [0.4, 0.5) is 0 Å². The molecule has 76 valence electrons. The van der Waals surface area contributed by atoms with Gasteiger partial charge in [-0.25, -0.2) is 0 Å². The highest BCUT2D eigenvalue weighted by Crippen LogP contribution is 2.15. The van der Waals surface area contributed by atoms with E-state index in [1.807, 2.05) is 32.9 Å². The molecule has 0 aliphatic heterocycles. The maximum Gasteiger partial charge on any atom is 0.110 e. The van der Waals surface area contributed by atoms with E-state index in [1.165, 1.54) is 11.3 Å². The Hall–Kier alpha value is -0.890. The number of thiophene rings is 1. The van der Waals surface area contributed by atoms with Crippen LogP contribution in [0.3, 0.4) is 0 Å². The predicted octanol–water partition coefficient (Wildman–Crippen LogP) is 2.44. The smallest absolute Gasteiger partial charge is 0.110 e. The van der Waals surface area contributed by atoms with Crippen molar-refractivity contribution in [3.8, 4) is 6.07 Å². The minimum Gasteiger partial charge on any atom is -0.296 e. The van der Waals surface area contributed by atoms with Crippen LogP contribution in [-0.4, -0.2) is 5.60 Å². The molecule has 0 aliphatic rings. The number of hydroxylamine groups is 1. The third kappa shape index (κ3) is 3.88. The van der Waals surface area contributed by atoms with E-state index in [0.717, 1.165) is 9.75 Å². The Kier molecular flexibility index (Phi) is 3.64. The van der Waals surface area contributed by atoms with Crippen LogP contribution in [-0.2, 0) is 11.4 Å². The van der Waals surface area contributed by atoms with Gasteiger partial charge in [0.25, 0.3) is 0 Å². The van der Waals surface area contributed by atoms with Crippen LogP contribution in [0.25, 0.3) is 0 Å². The first-order valence-electron chi connectivity index (χ1n) is 4.41. The summed E-state index contributed by atoms with van der Waals surface area (Å²) in [5.41, 5.74) is 2.69. The summed E-state index contributed by atoms with van der Waals surface area (Å²) in [6.07, 6.45) is 0. The zero-order valence-electron chi connectivity index (χ0n) is 8.63. The highest BCUT2D eigenvalue weighted by molar-refractivity contribution is 7.12. The summed E-state index contributed by atoms with van der Waals surface area (Å²) in [6, 6.07) is 5.85. The zero-order valence-corrected chi connectivity index (χ0v) is 9.44. The summed E-state index contributed by atoms with van der Waals surface area (Å²) in [5.74, 6) is 0. The number of nitriles is 1. The van der Waals surface area contributed by atoms with Crippen LogP contribution < -0.4 is 5.48 Å². The van der Waals surface area contributed by atoms with Crippen LogP contribution in [0.2, 0.25) is 0 Å². The fraction of sp³-hybridized carbons (Fsp3) is 0.500. The molecule has 1 heterocycles. The SMILES string of the molecule is CC(C)(C)ONCc1ccc(C#N)s1. The molecule has 0 spiro atoms. The van der Waals surface area contributed by atoms with Gasteiger partial charge in [0, 0.05) is 4.88 Å². The molecule has 0 aromatic carbocycles. The van der Waals surface area contributed by atoms with E-state index >= 15 is 0 Å². The first kappa shape index (κ1) is 11.2. The Morgan fingerprint density at radius 2 is 2.21 bits per heavy atom. The second kappa shape index (κ2) is 4.56. The number of nitrogens with one attached hydrogen (secondary N) is 1. The Bertz CT molecular complexity index is 333. The molecule has 0 bridgehead atoms. The third-order valence-corrected chi connectivity index (χ3v) is 2.39. The lowest BCUT2D eigenvalue weighted by atomic mass is 10.2. The van der Waals surface area contributed by atoms with Crippen molar-refractivity contribution in [1.82, 2.24) is 5.48 Å². The second-order valence-electron chi connectivity index (χ2n) is 3.91. The van der Waals surface area contributed by atoms with E-state index in [1.54, 1.807) is 0 Å². The minimum absolute atomic E-state index is 0.185. The van der Waals surface area contributed by atoms with Crippen molar-refractivity contribution in [2.24, 2.45) is 0 Å². The summed E-state index contributed by atoms with van der Waals surface area (Å²) in [4.78, 5) is 7.19. The maximum atomic E-state index is 8.61. The molecule has 1 N–H and O–H groups in total. The molecule has 4 heteroatoms. The van der Waals surface area contributed by atoms with Crippen LogP contribution >= 0.6 is 11.3 Å². The van der Waals surface area contributed by atoms with Crippen LogP contribution in [0.15, 0.2) is 12.1 Å². The molecule has 0 saturated carbocycles. The van der Waals surface area contributed by atoms with Gasteiger partial charge >= 0.3 is 0 Å². The van der Waals surface area contributed by atoms with E-state index in [9.17, 15) is 0 Å². The first-order chi connectivity index (χ1) is 6.51. The lowest BCUT2D eigenvalue weighted by Gasteiger charge is -2.18. The second-order valence-corrected chi connectivity index (χ2v) is 5.08. The van der Waals surface area contributed by atoms with Crippen LogP contribution in [0.5, 0.6) is 0 Å². The third-order valence-electron chi connectivity index (χ3n) is 1.40. The molecular formula is C10H14N2OS. The normalized spacial score (nSPS) is 11.3. The largest absolute Gasteiger partial charge is 0.296 e. The van der Waals surface area contributed by atoms with Crippen molar-refractivity contribution < 1.29 is 4.84 Å². The summed E-state index contributed by atoms with van der Waals surface area (Å²) < 4.78 is 0. The summed E-state index contributed by atoms with van der Waals surface area (Å²) in [5, 5.41) is 8.61. The van der Waals surface area contributed by atoms with Gasteiger partial charge < -0.3 is 0 Å². The molecule has 1 aromatic heterocycles. The van der Waals surface area contributed by atoms with Crippen LogP contribution in [0, 0.1) is 11.3 Å². The van der Waals surface area contributed by atoms with E-state index in [4.69, 9.17) is 10.1 Å². The predicted molar refractivity (Wildman–Crippen MR) is 56.7 cm³/mol. The van der Waals surface area contributed by atoms with Crippen molar-refractivity contribution in [3.05, 3.63) is 21.9 Å². The fourth-order valence-corrected chi connectivity index (χ4v) is 1.59. The van der Waals surface area contributed by atoms with Gasteiger partial charge in [-0.2, -0.15) is 10.7 Å². The highest BCUT2D eigenvalue weighted by Gasteiger charge is 2.10. The topological polar surface area (TPSA) is 45.0 Å². The molecule has 0 saturated heterocycles. The molecule has 1 aromatic rings. The van der Waals surface area contributed by atoms with Gasteiger partial charge in [0.05, 0.1) is 12.1 Å². The van der Waals surface area contributed by atoms with Gasteiger partial charge in [0.1, 0.15) is 10.9 Å². The van der Waals surface area contributed by atoms with E-state index in [-0.39, 0.29) is 5.60 Å². The van der Waals surface area contributed by atoms with Gasteiger partial charge in [-0.3, -0.25) is 4.84 Å². The average Bonchev–Trinajstić information content (AvgIpc) is 2.50. The van der Waals surface area contributed by atoms with Crippen molar-refractivity contribution in [1.29, 1.82) is 5.26 Å². The Balaban J connectivity index is 2.36. The Labute approximate surface area is 88.3 Å². The Morgan fingerprint density at radius 3 is 2.71 bits per heavy atom. The van der Waals surface area contributed by atoms with Crippen molar-refractivity contribution in [2.75, 3.05) is 0 Å². The molecule has 0 atom stereocenters. The van der Waals surface area contributed by atoms with Gasteiger partial charge in [-0.1, -0.05) is 0 Å². The number of hydrogen-bond donors (Lipinski definition) is 1. The first-order valence-corrected chi connectivity index (χ1v) is 5.22. The summed E-state index contributed by atoms with van der Waals surface area (Å²) in [7, 11) is 0. The quantitative estimate of drug-likeness (QED) is 0.779. The lowest BCUT2D eigenvalue weighted by Crippen LogP contribution is -2.28. The van der Waals surface area contributed by atoms with E-state index < -0.39 is 0 Å². The Morgan fingerprint density at radius 1 is 1.50 bits per heavy atom. The molecule has 0 radical (unpaired) electrons. The van der Waals surface area contributed by atoms with Crippen molar-refractivity contribution in [2.45, 2.75) is 32.9 Å². The van der Waals surface area contributed by atoms with Gasteiger partial charge in [0.2, 0.25) is 0 Å². The van der Waals surface area contributed by atoms with Gasteiger partial charge in [-0.15, -0.1) is 11.3 Å². The molecule has 3 nitrogen and oxygen atoms in total. The zero-order chi connectivity index (χ0) is 10.6. The lowest BCUT2D eigenvalue weighted by molar-refractivity contribution is -0.0754. The molecule has 0 unspecified atom stereocenters. The molecule has 0 amide bonds. The van der Waals surface area contributed by atoms with Crippen molar-refractivity contribution >= 4 is 11.3 Å². The van der Waals surface area contributed by atoms with Crippen molar-refractivity contribution in [3.63, 3.8) is 0 Å². The molecule has 0 aliphatic carbocycles. The standard InChI is InChI=1S/C10H14N2OS/c1-10(2,3)13-12-7-9-5-4-8(6-11)14-9/h4-5,12H,7H2,1-3H3. The average molecular weight is 210 g/mol. The fourth-order valence-electron chi connectivity index (χ4n) is 0.857. The molecular weight excluding hydrogens is 196 g/mol.